The Balaban J connectivity index is 1.72. The predicted octanol–water partition coefficient (Wildman–Crippen LogP) is 2.41. The number of anilines is 1. The maximum atomic E-state index is 12.8. The second-order valence-corrected chi connectivity index (χ2v) is 6.31. The summed E-state index contributed by atoms with van der Waals surface area (Å²) in [6, 6.07) is 14.3. The number of hydrogen-bond donors (Lipinski definition) is 1. The fourth-order valence-electron chi connectivity index (χ4n) is 2.91. The van der Waals surface area contributed by atoms with Crippen LogP contribution >= 0.6 is 0 Å². The maximum Gasteiger partial charge on any atom is 0.354 e. The van der Waals surface area contributed by atoms with Crippen LogP contribution in [0.1, 0.15) is 18.9 Å². The molecule has 0 bridgehead atoms. The summed E-state index contributed by atoms with van der Waals surface area (Å²) in [6.45, 7) is 2.13. The van der Waals surface area contributed by atoms with Crippen molar-refractivity contribution in [2.75, 3.05) is 11.6 Å². The third-order valence-corrected chi connectivity index (χ3v) is 4.36. The van der Waals surface area contributed by atoms with E-state index in [1.165, 1.54) is 17.1 Å². The number of hydrazone groups is 1. The van der Waals surface area contributed by atoms with Crippen molar-refractivity contribution in [1.29, 1.82) is 0 Å². The molecule has 0 radical (unpaired) electrons. The van der Waals surface area contributed by atoms with Crippen LogP contribution in [-0.4, -0.2) is 35.2 Å². The van der Waals surface area contributed by atoms with E-state index in [0.29, 0.717) is 5.69 Å². The van der Waals surface area contributed by atoms with Crippen molar-refractivity contribution >= 4 is 29.0 Å². The van der Waals surface area contributed by atoms with Gasteiger partial charge in [-0.3, -0.25) is 19.9 Å². The predicted molar refractivity (Wildman–Crippen MR) is 106 cm³/mol. The highest BCUT2D eigenvalue weighted by atomic mass is 16.6. The third kappa shape index (κ3) is 4.75. The summed E-state index contributed by atoms with van der Waals surface area (Å²) in [6.07, 6.45) is 0.125. The first-order chi connectivity index (χ1) is 14.0. The first-order valence-electron chi connectivity index (χ1n) is 9.09. The molecule has 9 nitrogen and oxygen atoms in total. The van der Waals surface area contributed by atoms with Gasteiger partial charge in [0.2, 0.25) is 5.91 Å². The molecule has 2 aromatic carbocycles. The Bertz CT molecular complexity index is 928. The minimum atomic E-state index is -0.699. The fourth-order valence-corrected chi connectivity index (χ4v) is 2.91. The average molecular weight is 396 g/mol. The topological polar surface area (TPSA) is 114 Å². The van der Waals surface area contributed by atoms with Crippen LogP contribution in [0.5, 0.6) is 0 Å². The summed E-state index contributed by atoms with van der Waals surface area (Å²) in [5, 5.41) is 19.4. The van der Waals surface area contributed by atoms with E-state index >= 15 is 0 Å². The number of non-ortho nitro benzene ring substituents is 1. The molecule has 1 aliphatic heterocycles. The van der Waals surface area contributed by atoms with Crippen LogP contribution in [0, 0.1) is 10.1 Å². The Hall–Kier alpha value is -3.75. The SMILES string of the molecule is CCOC(=O)C1=NN(c2ccccc2)C(C(=O)NCc2ccc([N+](=O)[O-])cc2)C1. The van der Waals surface area contributed by atoms with E-state index in [0.717, 1.165) is 5.56 Å². The molecule has 2 aromatic rings. The number of nitro benzene ring substituents is 1. The first kappa shape index (κ1) is 20.0. The molecule has 0 spiro atoms. The van der Waals surface area contributed by atoms with Crippen LogP contribution in [0.3, 0.4) is 0 Å². The molecule has 9 heteroatoms. The van der Waals surface area contributed by atoms with E-state index in [9.17, 15) is 19.7 Å². The van der Waals surface area contributed by atoms with Gasteiger partial charge in [0.05, 0.1) is 17.2 Å². The Labute approximate surface area is 167 Å². The Morgan fingerprint density at radius 3 is 2.52 bits per heavy atom. The summed E-state index contributed by atoms with van der Waals surface area (Å²) in [7, 11) is 0. The van der Waals surface area contributed by atoms with Crippen LogP contribution in [0.25, 0.3) is 0 Å². The number of rotatable bonds is 7. The molecule has 3 rings (SSSR count). The molecule has 150 valence electrons. The molecule has 1 heterocycles. The lowest BCUT2D eigenvalue weighted by molar-refractivity contribution is -0.384. The average Bonchev–Trinajstić information content (AvgIpc) is 3.19. The normalized spacial score (nSPS) is 15.6. The second-order valence-electron chi connectivity index (χ2n) is 6.31. The summed E-state index contributed by atoms with van der Waals surface area (Å²) < 4.78 is 5.01. The van der Waals surface area contributed by atoms with Gasteiger partial charge in [-0.25, -0.2) is 4.79 Å². The molecule has 1 N–H and O–H groups in total. The van der Waals surface area contributed by atoms with Gasteiger partial charge in [0.1, 0.15) is 11.8 Å². The van der Waals surface area contributed by atoms with Crippen LogP contribution in [-0.2, 0) is 20.9 Å². The van der Waals surface area contributed by atoms with Gasteiger partial charge in [-0.1, -0.05) is 30.3 Å². The van der Waals surface area contributed by atoms with E-state index in [1.54, 1.807) is 31.2 Å². The molecular weight excluding hydrogens is 376 g/mol. The van der Waals surface area contributed by atoms with Gasteiger partial charge in [0.25, 0.3) is 5.69 Å². The zero-order valence-corrected chi connectivity index (χ0v) is 15.8. The van der Waals surface area contributed by atoms with Crippen LogP contribution in [0.15, 0.2) is 59.7 Å². The number of para-hydroxylation sites is 1. The van der Waals surface area contributed by atoms with Crippen molar-refractivity contribution < 1.29 is 19.2 Å². The molecule has 0 aromatic heterocycles. The number of hydrogen-bond acceptors (Lipinski definition) is 7. The molecule has 0 saturated carbocycles. The molecular formula is C20H20N4O5. The summed E-state index contributed by atoms with van der Waals surface area (Å²) in [5.74, 6) is -0.852. The van der Waals surface area contributed by atoms with E-state index in [2.05, 4.69) is 10.4 Å². The number of benzene rings is 2. The lowest BCUT2D eigenvalue weighted by Gasteiger charge is -2.22. The highest BCUT2D eigenvalue weighted by molar-refractivity contribution is 6.38. The molecule has 29 heavy (non-hydrogen) atoms. The molecule has 1 aliphatic rings. The molecule has 1 atom stereocenters. The van der Waals surface area contributed by atoms with E-state index < -0.39 is 16.9 Å². The van der Waals surface area contributed by atoms with Crippen LogP contribution in [0.4, 0.5) is 11.4 Å². The van der Waals surface area contributed by atoms with Crippen LogP contribution < -0.4 is 10.3 Å². The van der Waals surface area contributed by atoms with Crippen molar-refractivity contribution in [3.63, 3.8) is 0 Å². The van der Waals surface area contributed by atoms with Gasteiger partial charge in [0, 0.05) is 25.1 Å². The molecule has 0 aliphatic carbocycles. The number of nitrogens with zero attached hydrogens (tertiary/aromatic N) is 3. The lowest BCUT2D eigenvalue weighted by Crippen LogP contribution is -2.42. The van der Waals surface area contributed by atoms with Gasteiger partial charge in [-0.05, 0) is 24.6 Å². The third-order valence-electron chi connectivity index (χ3n) is 4.36. The van der Waals surface area contributed by atoms with Crippen molar-refractivity contribution in [1.82, 2.24) is 5.32 Å². The molecule has 0 saturated heterocycles. The number of carbonyl (C=O) groups is 2. The van der Waals surface area contributed by atoms with Crippen molar-refractivity contribution in [2.24, 2.45) is 5.10 Å². The van der Waals surface area contributed by atoms with Gasteiger partial charge in [0.15, 0.2) is 0 Å². The Kier molecular flexibility index (Phi) is 6.18. The summed E-state index contributed by atoms with van der Waals surface area (Å²) in [4.78, 5) is 35.2. The fraction of sp³-hybridized carbons (Fsp3) is 0.250. The van der Waals surface area contributed by atoms with Crippen molar-refractivity contribution in [3.8, 4) is 0 Å². The number of ether oxygens (including phenoxy) is 1. The monoisotopic (exact) mass is 396 g/mol. The van der Waals surface area contributed by atoms with Crippen molar-refractivity contribution in [3.05, 3.63) is 70.3 Å². The van der Waals surface area contributed by atoms with E-state index in [1.807, 2.05) is 18.2 Å². The number of amides is 1. The number of nitrogens with one attached hydrogen (secondary N) is 1. The highest BCUT2D eigenvalue weighted by Gasteiger charge is 2.36. The standard InChI is InChI=1S/C20H20N4O5/c1-2-29-20(26)17-12-18(23(22-17)15-6-4-3-5-7-15)19(25)21-13-14-8-10-16(11-9-14)24(27)28/h3-11,18H,2,12-13H2,1H3,(H,21,25). The quantitative estimate of drug-likeness (QED) is 0.437. The second kappa shape index (κ2) is 8.96. The van der Waals surface area contributed by atoms with Crippen LogP contribution in [0.2, 0.25) is 0 Å². The smallest absolute Gasteiger partial charge is 0.354 e. The summed E-state index contributed by atoms with van der Waals surface area (Å²) in [5.41, 5.74) is 1.58. The highest BCUT2D eigenvalue weighted by Crippen LogP contribution is 2.25. The minimum Gasteiger partial charge on any atom is -0.461 e. The van der Waals surface area contributed by atoms with E-state index in [4.69, 9.17) is 4.74 Å². The van der Waals surface area contributed by atoms with E-state index in [-0.39, 0.29) is 36.9 Å². The number of nitro groups is 1. The Morgan fingerprint density at radius 2 is 1.90 bits per heavy atom. The number of carbonyl (C=O) groups excluding carboxylic acids is 2. The zero-order chi connectivity index (χ0) is 20.8. The summed E-state index contributed by atoms with van der Waals surface area (Å²) >= 11 is 0. The minimum absolute atomic E-state index is 0.0152. The zero-order valence-electron chi connectivity index (χ0n) is 15.8. The van der Waals surface area contributed by atoms with Gasteiger partial charge in [-0.15, -0.1) is 0 Å². The Morgan fingerprint density at radius 1 is 1.21 bits per heavy atom. The molecule has 1 unspecified atom stereocenters. The van der Waals surface area contributed by atoms with Crippen molar-refractivity contribution in [2.45, 2.75) is 25.9 Å². The van der Waals surface area contributed by atoms with Gasteiger partial charge >= 0.3 is 5.97 Å². The number of esters is 1. The largest absolute Gasteiger partial charge is 0.461 e. The molecule has 1 amide bonds. The lowest BCUT2D eigenvalue weighted by atomic mass is 10.1. The first-order valence-corrected chi connectivity index (χ1v) is 9.09. The van der Waals surface area contributed by atoms with Gasteiger partial charge in [-0.2, -0.15) is 5.10 Å². The van der Waals surface area contributed by atoms with Gasteiger partial charge < -0.3 is 10.1 Å². The molecule has 0 fully saturated rings. The maximum absolute atomic E-state index is 12.8.